The van der Waals surface area contributed by atoms with Crippen LogP contribution in [0.3, 0.4) is 0 Å². The molecule has 1 saturated carbocycles. The third kappa shape index (κ3) is 3.40. The van der Waals surface area contributed by atoms with E-state index in [1.807, 2.05) is 0 Å². The first-order valence-corrected chi connectivity index (χ1v) is 7.37. The Morgan fingerprint density at radius 3 is 2.79 bits per heavy atom. The Morgan fingerprint density at radius 2 is 2.05 bits per heavy atom. The number of halogens is 2. The minimum atomic E-state index is -0.238. The average molecular weight is 301 g/mol. The van der Waals surface area contributed by atoms with Crippen molar-refractivity contribution in [2.45, 2.75) is 39.2 Å². The highest BCUT2D eigenvalue weighted by Gasteiger charge is 2.29. The molecule has 1 aromatic heterocycles. The second-order valence-electron chi connectivity index (χ2n) is 5.31. The van der Waals surface area contributed by atoms with Crippen LogP contribution in [0.15, 0.2) is 12.1 Å². The lowest BCUT2D eigenvalue weighted by Gasteiger charge is -2.34. The molecule has 1 amide bonds. The fourth-order valence-corrected chi connectivity index (χ4v) is 2.94. The van der Waals surface area contributed by atoms with E-state index in [2.05, 4.69) is 24.1 Å². The first-order valence-electron chi connectivity index (χ1n) is 6.62. The molecule has 1 aromatic rings. The van der Waals surface area contributed by atoms with Gasteiger partial charge in [-0.3, -0.25) is 4.79 Å². The van der Waals surface area contributed by atoms with Crippen LogP contribution in [0.25, 0.3) is 0 Å². The molecule has 3 nitrogen and oxygen atoms in total. The number of carbonyl (C=O) groups excluding carboxylic acids is 1. The van der Waals surface area contributed by atoms with Crippen molar-refractivity contribution in [3.8, 4) is 0 Å². The molecule has 3 unspecified atom stereocenters. The van der Waals surface area contributed by atoms with Crippen LogP contribution in [0.1, 0.15) is 43.6 Å². The Bertz CT molecular complexity index is 479. The van der Waals surface area contributed by atoms with E-state index in [4.69, 9.17) is 23.2 Å². The van der Waals surface area contributed by atoms with Crippen LogP contribution in [0.5, 0.6) is 0 Å². The lowest BCUT2D eigenvalue weighted by Crippen LogP contribution is -2.44. The number of rotatable bonds is 2. The predicted molar refractivity (Wildman–Crippen MR) is 77.7 cm³/mol. The summed E-state index contributed by atoms with van der Waals surface area (Å²) in [5, 5.41) is 3.65. The topological polar surface area (TPSA) is 42.0 Å². The van der Waals surface area contributed by atoms with Gasteiger partial charge in [-0.15, -0.1) is 0 Å². The van der Waals surface area contributed by atoms with Gasteiger partial charge >= 0.3 is 0 Å². The van der Waals surface area contributed by atoms with Gasteiger partial charge in [0.2, 0.25) is 0 Å². The Morgan fingerprint density at radius 1 is 1.32 bits per heavy atom. The summed E-state index contributed by atoms with van der Waals surface area (Å²) < 4.78 is 0. The third-order valence-corrected chi connectivity index (χ3v) is 4.57. The van der Waals surface area contributed by atoms with Crippen molar-refractivity contribution in [1.82, 2.24) is 10.3 Å². The Hall–Kier alpha value is -0.800. The van der Waals surface area contributed by atoms with Crippen molar-refractivity contribution in [3.63, 3.8) is 0 Å². The zero-order chi connectivity index (χ0) is 14.0. The average Bonchev–Trinajstić information content (AvgIpc) is 2.38. The smallest absolute Gasteiger partial charge is 0.271 e. The number of carbonyl (C=O) groups is 1. The fraction of sp³-hybridized carbons (Fsp3) is 0.571. The minimum absolute atomic E-state index is 0.188. The molecule has 0 aliphatic heterocycles. The van der Waals surface area contributed by atoms with Gasteiger partial charge in [0.15, 0.2) is 0 Å². The van der Waals surface area contributed by atoms with E-state index in [-0.39, 0.29) is 22.8 Å². The van der Waals surface area contributed by atoms with Crippen molar-refractivity contribution in [1.29, 1.82) is 0 Å². The number of nitrogens with zero attached hydrogens (tertiary/aromatic N) is 1. The van der Waals surface area contributed by atoms with Crippen LogP contribution in [0.4, 0.5) is 0 Å². The normalized spacial score (nSPS) is 27.1. The van der Waals surface area contributed by atoms with Gasteiger partial charge in [-0.25, -0.2) is 4.98 Å². The van der Waals surface area contributed by atoms with Gasteiger partial charge in [0.1, 0.15) is 10.8 Å². The fourth-order valence-electron chi connectivity index (χ4n) is 2.60. The van der Waals surface area contributed by atoms with Crippen LogP contribution in [-0.2, 0) is 0 Å². The largest absolute Gasteiger partial charge is 0.348 e. The molecule has 5 heteroatoms. The van der Waals surface area contributed by atoms with E-state index in [0.717, 1.165) is 12.8 Å². The monoisotopic (exact) mass is 300 g/mol. The molecule has 2 rings (SSSR count). The predicted octanol–water partition coefficient (Wildman–Crippen LogP) is 3.94. The summed E-state index contributed by atoms with van der Waals surface area (Å²) >= 11 is 11.8. The summed E-state index contributed by atoms with van der Waals surface area (Å²) in [7, 11) is 0. The summed E-state index contributed by atoms with van der Waals surface area (Å²) in [6.07, 6.45) is 3.38. The number of hydrogen-bond donors (Lipinski definition) is 1. The van der Waals surface area contributed by atoms with Gasteiger partial charge in [-0.05, 0) is 30.4 Å². The van der Waals surface area contributed by atoms with E-state index in [0.29, 0.717) is 16.9 Å². The molecule has 0 bridgehead atoms. The number of aromatic nitrogens is 1. The van der Waals surface area contributed by atoms with Crippen molar-refractivity contribution in [2.75, 3.05) is 0 Å². The van der Waals surface area contributed by atoms with Crippen molar-refractivity contribution in [3.05, 3.63) is 28.0 Å². The molecule has 0 radical (unpaired) electrons. The molecule has 0 saturated heterocycles. The molecule has 104 valence electrons. The number of nitrogens with one attached hydrogen (secondary N) is 1. The van der Waals surface area contributed by atoms with Crippen molar-refractivity contribution < 1.29 is 4.79 Å². The second kappa shape index (κ2) is 6.10. The first-order chi connectivity index (χ1) is 8.99. The summed E-state index contributed by atoms with van der Waals surface area (Å²) in [6.45, 7) is 4.41. The van der Waals surface area contributed by atoms with Gasteiger partial charge in [0, 0.05) is 6.04 Å². The van der Waals surface area contributed by atoms with E-state index in [1.54, 1.807) is 12.1 Å². The zero-order valence-electron chi connectivity index (χ0n) is 11.1. The summed E-state index contributed by atoms with van der Waals surface area (Å²) in [5.74, 6) is 0.857. The van der Waals surface area contributed by atoms with Gasteiger partial charge in [-0.1, -0.05) is 49.9 Å². The second-order valence-corrected chi connectivity index (χ2v) is 6.11. The lowest BCUT2D eigenvalue weighted by atomic mass is 9.78. The molecular weight excluding hydrogens is 283 g/mol. The first kappa shape index (κ1) is 14.6. The van der Waals surface area contributed by atoms with Gasteiger partial charge in [-0.2, -0.15) is 0 Å². The van der Waals surface area contributed by atoms with Crippen LogP contribution >= 0.6 is 23.2 Å². The number of pyridine rings is 1. The Kier molecular flexibility index (Phi) is 4.69. The van der Waals surface area contributed by atoms with E-state index >= 15 is 0 Å². The molecule has 1 aliphatic carbocycles. The highest BCUT2D eigenvalue weighted by atomic mass is 35.5. The maximum Gasteiger partial charge on any atom is 0.271 e. The third-order valence-electron chi connectivity index (χ3n) is 4.05. The molecule has 3 atom stereocenters. The van der Waals surface area contributed by atoms with Crippen LogP contribution in [-0.4, -0.2) is 16.9 Å². The maximum absolute atomic E-state index is 12.2. The molecular formula is C14H18Cl2N2O. The molecule has 19 heavy (non-hydrogen) atoms. The lowest BCUT2D eigenvalue weighted by molar-refractivity contribution is 0.0886. The van der Waals surface area contributed by atoms with Gasteiger partial charge < -0.3 is 5.32 Å². The molecule has 0 spiro atoms. The van der Waals surface area contributed by atoms with E-state index < -0.39 is 0 Å². The number of amides is 1. The minimum Gasteiger partial charge on any atom is -0.348 e. The Labute approximate surface area is 123 Å². The highest BCUT2D eigenvalue weighted by molar-refractivity contribution is 6.34. The van der Waals surface area contributed by atoms with Crippen molar-refractivity contribution >= 4 is 29.1 Å². The summed E-state index contributed by atoms with van der Waals surface area (Å²) in [4.78, 5) is 16.2. The SMILES string of the molecule is CC1CCCC(NC(=O)c2nc(Cl)ccc2Cl)C1C. The summed E-state index contributed by atoms with van der Waals surface area (Å²) in [6, 6.07) is 3.36. The van der Waals surface area contributed by atoms with Crippen LogP contribution < -0.4 is 5.32 Å². The van der Waals surface area contributed by atoms with Crippen molar-refractivity contribution in [2.24, 2.45) is 11.8 Å². The van der Waals surface area contributed by atoms with Gasteiger partial charge in [0.05, 0.1) is 5.02 Å². The molecule has 0 aromatic carbocycles. The molecule has 1 fully saturated rings. The quantitative estimate of drug-likeness (QED) is 0.841. The summed E-state index contributed by atoms with van der Waals surface area (Å²) in [5.41, 5.74) is 0.208. The van der Waals surface area contributed by atoms with Crippen LogP contribution in [0.2, 0.25) is 10.2 Å². The van der Waals surface area contributed by atoms with Crippen LogP contribution in [0, 0.1) is 11.8 Å². The van der Waals surface area contributed by atoms with E-state index in [9.17, 15) is 4.79 Å². The molecule has 1 heterocycles. The maximum atomic E-state index is 12.2. The zero-order valence-corrected chi connectivity index (χ0v) is 12.6. The van der Waals surface area contributed by atoms with E-state index in [1.165, 1.54) is 6.42 Å². The van der Waals surface area contributed by atoms with Gasteiger partial charge in [0.25, 0.3) is 5.91 Å². The standard InChI is InChI=1S/C14H18Cl2N2O/c1-8-4-3-5-11(9(8)2)17-14(19)13-10(15)6-7-12(16)18-13/h6-9,11H,3-5H2,1-2H3,(H,17,19). The number of hydrogen-bond acceptors (Lipinski definition) is 2. The highest BCUT2D eigenvalue weighted by Crippen LogP contribution is 2.29. The molecule has 1 N–H and O–H groups in total. The Balaban J connectivity index is 2.10. The molecule has 1 aliphatic rings.